The van der Waals surface area contributed by atoms with E-state index in [-0.39, 0.29) is 16.9 Å². The van der Waals surface area contributed by atoms with Crippen molar-refractivity contribution in [2.75, 3.05) is 0 Å². The third kappa shape index (κ3) is 2.58. The minimum absolute atomic E-state index is 0.00767. The molecule has 5 rings (SSSR count). The van der Waals surface area contributed by atoms with Crippen LogP contribution in [0.5, 0.6) is 0 Å². The molecule has 28 heavy (non-hydrogen) atoms. The van der Waals surface area contributed by atoms with Crippen LogP contribution in [0.25, 0.3) is 0 Å². The molecular weight excluding hydrogens is 346 g/mol. The monoisotopic (exact) mass is 382 g/mol. The predicted octanol–water partition coefficient (Wildman–Crippen LogP) is 4.10. The van der Waals surface area contributed by atoms with E-state index in [1.807, 2.05) is 12.3 Å². The highest BCUT2D eigenvalue weighted by molar-refractivity contribution is 5.26. The Labute approximate surface area is 169 Å². The maximum absolute atomic E-state index is 11.9. The van der Waals surface area contributed by atoms with Crippen molar-refractivity contribution in [3.8, 4) is 0 Å². The Kier molecular flexibility index (Phi) is 4.30. The summed E-state index contributed by atoms with van der Waals surface area (Å²) >= 11 is 0. The standard InChI is InChI=1S/C25H35NO2/c1-23-11-8-19(27)15-17(23)6-7-20-21(23)9-12-24(2)22(20)10-13-25(24,28)16-18-5-3-4-14-26-18/h3-6,14,19-22,27-28H,7-13,15-16H2,1-2H3/p+1/t19-,20+,21-,22-,23-,24-,25+/m0/s1. The topological polar surface area (TPSA) is 54.6 Å². The number of nitrogens with one attached hydrogen (secondary N) is 1. The summed E-state index contributed by atoms with van der Waals surface area (Å²) in [5, 5.41) is 22.0. The maximum atomic E-state index is 11.9. The zero-order valence-corrected chi connectivity index (χ0v) is 17.5. The molecular formula is C25H36NO2+. The maximum Gasteiger partial charge on any atom is 0.182 e. The van der Waals surface area contributed by atoms with Gasteiger partial charge in [-0.2, -0.15) is 0 Å². The summed E-state index contributed by atoms with van der Waals surface area (Å²) in [6.45, 7) is 4.86. The van der Waals surface area contributed by atoms with E-state index in [1.165, 1.54) is 12.0 Å². The van der Waals surface area contributed by atoms with Crippen LogP contribution in [0.1, 0.15) is 70.9 Å². The van der Waals surface area contributed by atoms with Crippen molar-refractivity contribution < 1.29 is 15.2 Å². The molecule has 3 nitrogen and oxygen atoms in total. The molecule has 1 aromatic rings. The van der Waals surface area contributed by atoms with Gasteiger partial charge in [-0.1, -0.05) is 31.6 Å². The van der Waals surface area contributed by atoms with Gasteiger partial charge in [0.2, 0.25) is 0 Å². The molecule has 0 unspecified atom stereocenters. The van der Waals surface area contributed by atoms with E-state index in [9.17, 15) is 10.2 Å². The summed E-state index contributed by atoms with van der Waals surface area (Å²) in [6, 6.07) is 6.18. The second-order valence-electron chi connectivity index (χ2n) is 10.7. The fourth-order valence-electron chi connectivity index (χ4n) is 7.90. The number of rotatable bonds is 2. The molecule has 7 atom stereocenters. The number of aliphatic hydroxyl groups is 2. The molecule has 3 heteroatoms. The Morgan fingerprint density at radius 3 is 2.68 bits per heavy atom. The van der Waals surface area contributed by atoms with Crippen molar-refractivity contribution in [1.29, 1.82) is 0 Å². The van der Waals surface area contributed by atoms with Gasteiger partial charge in [0.05, 0.1) is 18.1 Å². The molecule has 1 heterocycles. The SMILES string of the molecule is C[C@]12CC[C@H](O)CC1=CC[C@@H]1[C@@H]2CC[C@@]2(C)[C@H]1CC[C@@]2(O)Cc1cccc[nH+]1. The summed E-state index contributed by atoms with van der Waals surface area (Å²) in [5.74, 6) is 2.03. The van der Waals surface area contributed by atoms with Gasteiger partial charge in [-0.05, 0) is 80.0 Å². The Bertz CT molecular complexity index is 776. The van der Waals surface area contributed by atoms with Crippen molar-refractivity contribution in [2.24, 2.45) is 28.6 Å². The summed E-state index contributed by atoms with van der Waals surface area (Å²) in [4.78, 5) is 3.34. The van der Waals surface area contributed by atoms with E-state index in [0.29, 0.717) is 11.8 Å². The van der Waals surface area contributed by atoms with Gasteiger partial charge >= 0.3 is 0 Å². The van der Waals surface area contributed by atoms with Crippen LogP contribution in [0.15, 0.2) is 36.0 Å². The van der Waals surface area contributed by atoms with Crippen LogP contribution in [-0.4, -0.2) is 21.9 Å². The van der Waals surface area contributed by atoms with E-state index >= 15 is 0 Å². The Hall–Kier alpha value is -1.19. The molecule has 0 radical (unpaired) electrons. The van der Waals surface area contributed by atoms with Crippen LogP contribution in [0.4, 0.5) is 0 Å². The lowest BCUT2D eigenvalue weighted by molar-refractivity contribution is -0.393. The van der Waals surface area contributed by atoms with Gasteiger partial charge in [0, 0.05) is 12.1 Å². The Balaban J connectivity index is 1.44. The molecule has 3 N–H and O–H groups in total. The van der Waals surface area contributed by atoms with Gasteiger partial charge in [0.15, 0.2) is 11.9 Å². The van der Waals surface area contributed by atoms with E-state index in [0.717, 1.165) is 63.0 Å². The predicted molar refractivity (Wildman–Crippen MR) is 109 cm³/mol. The summed E-state index contributed by atoms with van der Waals surface area (Å²) in [7, 11) is 0. The first kappa shape index (κ1) is 18.8. The number of fused-ring (bicyclic) bond motifs is 5. The normalized spacial score (nSPS) is 47.6. The second kappa shape index (κ2) is 6.40. The molecule has 0 amide bonds. The number of pyridine rings is 1. The third-order valence-corrected chi connectivity index (χ3v) is 9.66. The minimum atomic E-state index is -0.603. The van der Waals surface area contributed by atoms with E-state index in [4.69, 9.17) is 0 Å². The average molecular weight is 383 g/mol. The van der Waals surface area contributed by atoms with Crippen LogP contribution in [0.3, 0.4) is 0 Å². The first-order valence-electron chi connectivity index (χ1n) is 11.4. The highest BCUT2D eigenvalue weighted by Crippen LogP contribution is 2.67. The molecule has 0 spiro atoms. The van der Waals surface area contributed by atoms with Crippen LogP contribution < -0.4 is 4.98 Å². The van der Waals surface area contributed by atoms with E-state index < -0.39 is 5.60 Å². The number of allylic oxidation sites excluding steroid dienone is 1. The molecule has 1 aromatic heterocycles. The lowest BCUT2D eigenvalue weighted by Crippen LogP contribution is -2.55. The van der Waals surface area contributed by atoms with Crippen LogP contribution >= 0.6 is 0 Å². The smallest absolute Gasteiger partial charge is 0.182 e. The van der Waals surface area contributed by atoms with Crippen LogP contribution in [0, 0.1) is 28.6 Å². The molecule has 152 valence electrons. The van der Waals surface area contributed by atoms with Gasteiger partial charge < -0.3 is 10.2 Å². The molecule has 3 fully saturated rings. The molecule has 4 aliphatic carbocycles. The third-order valence-electron chi connectivity index (χ3n) is 9.66. The quantitative estimate of drug-likeness (QED) is 0.757. The first-order chi connectivity index (χ1) is 13.4. The molecule has 0 aliphatic heterocycles. The lowest BCUT2D eigenvalue weighted by atomic mass is 9.47. The lowest BCUT2D eigenvalue weighted by Gasteiger charge is -2.59. The van der Waals surface area contributed by atoms with Gasteiger partial charge in [-0.25, -0.2) is 4.98 Å². The van der Waals surface area contributed by atoms with Crippen molar-refractivity contribution in [3.05, 3.63) is 41.7 Å². The van der Waals surface area contributed by atoms with Crippen molar-refractivity contribution in [3.63, 3.8) is 0 Å². The fraction of sp³-hybridized carbons (Fsp3) is 0.720. The van der Waals surface area contributed by atoms with Gasteiger partial charge in [0.1, 0.15) is 0 Å². The zero-order valence-electron chi connectivity index (χ0n) is 17.5. The van der Waals surface area contributed by atoms with E-state index in [2.05, 4.69) is 37.0 Å². The highest BCUT2D eigenvalue weighted by Gasteiger charge is 2.63. The molecule has 0 aromatic carbocycles. The molecule has 0 saturated heterocycles. The van der Waals surface area contributed by atoms with Gasteiger partial charge in [-0.15, -0.1) is 0 Å². The number of H-pyrrole nitrogens is 1. The summed E-state index contributed by atoms with van der Waals surface area (Å²) in [6.07, 6.45) is 13.6. The average Bonchev–Trinajstić information content (AvgIpc) is 2.94. The number of hydrogen-bond donors (Lipinski definition) is 2. The summed E-state index contributed by atoms with van der Waals surface area (Å²) < 4.78 is 0. The highest BCUT2D eigenvalue weighted by atomic mass is 16.3. The van der Waals surface area contributed by atoms with Crippen molar-refractivity contribution in [2.45, 2.75) is 83.3 Å². The number of aromatic amines is 1. The molecule has 3 saturated carbocycles. The molecule has 0 bridgehead atoms. The number of hydrogen-bond acceptors (Lipinski definition) is 2. The summed E-state index contributed by atoms with van der Waals surface area (Å²) in [5.41, 5.74) is 2.36. The minimum Gasteiger partial charge on any atom is -0.393 e. The zero-order chi connectivity index (χ0) is 19.6. The van der Waals surface area contributed by atoms with Crippen LogP contribution in [0.2, 0.25) is 0 Å². The largest absolute Gasteiger partial charge is 0.393 e. The first-order valence-corrected chi connectivity index (χ1v) is 11.4. The Morgan fingerprint density at radius 1 is 1.07 bits per heavy atom. The number of aliphatic hydroxyl groups excluding tert-OH is 1. The Morgan fingerprint density at radius 2 is 1.89 bits per heavy atom. The molecule has 4 aliphatic rings. The van der Waals surface area contributed by atoms with Gasteiger partial charge in [-0.3, -0.25) is 0 Å². The second-order valence-corrected chi connectivity index (χ2v) is 10.7. The van der Waals surface area contributed by atoms with E-state index in [1.54, 1.807) is 0 Å². The number of aromatic nitrogens is 1. The van der Waals surface area contributed by atoms with Gasteiger partial charge in [0.25, 0.3) is 0 Å². The fourth-order valence-corrected chi connectivity index (χ4v) is 7.90. The van der Waals surface area contributed by atoms with Crippen molar-refractivity contribution in [1.82, 2.24) is 0 Å². The van der Waals surface area contributed by atoms with Crippen LogP contribution in [-0.2, 0) is 6.42 Å². The van der Waals surface area contributed by atoms with Crippen molar-refractivity contribution >= 4 is 0 Å².